The second-order valence-corrected chi connectivity index (χ2v) is 5.29. The number of aromatic hydroxyl groups is 2. The highest BCUT2D eigenvalue weighted by atomic mass is 16.3. The first-order valence-corrected chi connectivity index (χ1v) is 7.08. The Hall–Kier alpha value is -3.79. The average molecular weight is 317 g/mol. The zero-order chi connectivity index (χ0) is 16.8. The van der Waals surface area contributed by atoms with Gasteiger partial charge in [0.2, 0.25) is 0 Å². The maximum atomic E-state index is 9.76. The van der Waals surface area contributed by atoms with Crippen molar-refractivity contribution in [2.45, 2.75) is 0 Å². The highest BCUT2D eigenvalue weighted by molar-refractivity contribution is 5.89. The molecule has 2 aromatic carbocycles. The van der Waals surface area contributed by atoms with Crippen LogP contribution in [0.5, 0.6) is 11.5 Å². The molecule has 4 rings (SSSR count). The number of phenolic OH excluding ortho intramolecular Hbond substituents is 2. The van der Waals surface area contributed by atoms with Crippen LogP contribution in [0, 0.1) is 11.3 Å². The van der Waals surface area contributed by atoms with Gasteiger partial charge in [0.25, 0.3) is 0 Å². The Kier molecular flexibility index (Phi) is 2.80. The van der Waals surface area contributed by atoms with Crippen LogP contribution in [-0.4, -0.2) is 24.6 Å². The van der Waals surface area contributed by atoms with Gasteiger partial charge in [0.15, 0.2) is 23.0 Å². The second kappa shape index (κ2) is 4.86. The van der Waals surface area contributed by atoms with Gasteiger partial charge in [-0.2, -0.15) is 5.26 Å². The smallest absolute Gasteiger partial charge is 0.180 e. The monoisotopic (exact) mass is 317 g/mol. The van der Waals surface area contributed by atoms with Crippen molar-refractivity contribution in [3.63, 3.8) is 0 Å². The number of aromatic nitrogens is 3. The maximum absolute atomic E-state index is 9.76. The molecule has 2 heterocycles. The van der Waals surface area contributed by atoms with Crippen LogP contribution < -0.4 is 5.73 Å². The van der Waals surface area contributed by atoms with E-state index in [1.54, 1.807) is 28.8 Å². The van der Waals surface area contributed by atoms with Gasteiger partial charge in [-0.15, -0.1) is 0 Å². The standard InChI is InChI=1S/C17H11N5O2/c18-7-10-2-1-3-11-15(10)21-16(19)17-20-8-12(22(11)17)9-4-5-13(23)14(24)6-9/h1-6,8,23-24H,(H2,19,21). The first-order chi connectivity index (χ1) is 11.6. The lowest BCUT2D eigenvalue weighted by Crippen LogP contribution is -2.01. The van der Waals surface area contributed by atoms with E-state index in [2.05, 4.69) is 16.0 Å². The van der Waals surface area contributed by atoms with E-state index in [0.717, 1.165) is 0 Å². The van der Waals surface area contributed by atoms with Gasteiger partial charge < -0.3 is 15.9 Å². The number of rotatable bonds is 1. The molecule has 116 valence electrons. The van der Waals surface area contributed by atoms with Crippen LogP contribution in [0.15, 0.2) is 42.6 Å². The van der Waals surface area contributed by atoms with Crippen LogP contribution >= 0.6 is 0 Å². The summed E-state index contributed by atoms with van der Waals surface area (Å²) in [4.78, 5) is 8.60. The van der Waals surface area contributed by atoms with Crippen molar-refractivity contribution in [1.29, 1.82) is 5.26 Å². The summed E-state index contributed by atoms with van der Waals surface area (Å²) >= 11 is 0. The van der Waals surface area contributed by atoms with Crippen LogP contribution in [0.2, 0.25) is 0 Å². The zero-order valence-electron chi connectivity index (χ0n) is 12.3. The summed E-state index contributed by atoms with van der Waals surface area (Å²) in [6.07, 6.45) is 1.61. The van der Waals surface area contributed by atoms with E-state index in [0.29, 0.717) is 33.5 Å². The topological polar surface area (TPSA) is 120 Å². The quantitative estimate of drug-likeness (QED) is 0.464. The van der Waals surface area contributed by atoms with Crippen LogP contribution in [0.3, 0.4) is 0 Å². The Morgan fingerprint density at radius 3 is 2.71 bits per heavy atom. The van der Waals surface area contributed by atoms with E-state index in [-0.39, 0.29) is 17.3 Å². The predicted molar refractivity (Wildman–Crippen MR) is 88.4 cm³/mol. The molecule has 4 aromatic rings. The van der Waals surface area contributed by atoms with Crippen molar-refractivity contribution in [2.24, 2.45) is 0 Å². The van der Waals surface area contributed by atoms with Gasteiger partial charge in [-0.05, 0) is 30.3 Å². The molecule has 7 heteroatoms. The first-order valence-electron chi connectivity index (χ1n) is 7.08. The summed E-state index contributed by atoms with van der Waals surface area (Å²) in [6, 6.07) is 11.9. The third-order valence-electron chi connectivity index (χ3n) is 3.87. The predicted octanol–water partition coefficient (Wildman–Crippen LogP) is 2.41. The van der Waals surface area contributed by atoms with Gasteiger partial charge in [0.05, 0.1) is 23.0 Å². The van der Waals surface area contributed by atoms with Gasteiger partial charge in [-0.25, -0.2) is 9.97 Å². The Morgan fingerprint density at radius 2 is 1.96 bits per heavy atom. The van der Waals surface area contributed by atoms with Gasteiger partial charge in [-0.3, -0.25) is 4.40 Å². The highest BCUT2D eigenvalue weighted by Crippen LogP contribution is 2.33. The molecule has 0 atom stereocenters. The summed E-state index contributed by atoms with van der Waals surface area (Å²) in [6.45, 7) is 0. The normalized spacial score (nSPS) is 11.0. The maximum Gasteiger partial charge on any atom is 0.180 e. The third kappa shape index (κ3) is 1.84. The Balaban J connectivity index is 2.15. The molecule has 0 unspecified atom stereocenters. The van der Waals surface area contributed by atoms with E-state index in [1.807, 2.05) is 6.07 Å². The summed E-state index contributed by atoms with van der Waals surface area (Å²) in [5.41, 5.74) is 9.33. The minimum Gasteiger partial charge on any atom is -0.504 e. The largest absolute Gasteiger partial charge is 0.504 e. The van der Waals surface area contributed by atoms with Crippen LogP contribution in [0.25, 0.3) is 27.9 Å². The minimum absolute atomic E-state index is 0.203. The number of fused-ring (bicyclic) bond motifs is 3. The summed E-state index contributed by atoms with van der Waals surface area (Å²) in [5, 5.41) is 28.5. The van der Waals surface area contributed by atoms with Gasteiger partial charge in [0.1, 0.15) is 11.6 Å². The van der Waals surface area contributed by atoms with Crippen molar-refractivity contribution in [3.05, 3.63) is 48.2 Å². The fraction of sp³-hybridized carbons (Fsp3) is 0. The van der Waals surface area contributed by atoms with Crippen molar-refractivity contribution < 1.29 is 10.2 Å². The number of anilines is 1. The number of hydrogen-bond acceptors (Lipinski definition) is 6. The van der Waals surface area contributed by atoms with Gasteiger partial charge in [-0.1, -0.05) is 6.07 Å². The molecular weight excluding hydrogens is 306 g/mol. The zero-order valence-corrected chi connectivity index (χ0v) is 12.3. The molecule has 0 saturated carbocycles. The molecule has 0 aliphatic rings. The Bertz CT molecular complexity index is 1160. The van der Waals surface area contributed by atoms with Gasteiger partial charge in [0, 0.05) is 5.56 Å². The number of hydrogen-bond donors (Lipinski definition) is 3. The summed E-state index contributed by atoms with van der Waals surface area (Å²) in [5.74, 6) is -0.226. The first kappa shape index (κ1) is 13.8. The van der Waals surface area contributed by atoms with Crippen LogP contribution in [0.1, 0.15) is 5.56 Å². The fourth-order valence-corrected chi connectivity index (χ4v) is 2.75. The molecule has 0 spiro atoms. The molecule has 0 aliphatic carbocycles. The average Bonchev–Trinajstić information content (AvgIpc) is 3.03. The lowest BCUT2D eigenvalue weighted by atomic mass is 10.1. The molecule has 0 saturated heterocycles. The molecule has 0 amide bonds. The molecule has 0 fully saturated rings. The molecular formula is C17H11N5O2. The number of nitrogen functional groups attached to an aromatic ring is 1. The van der Waals surface area contributed by atoms with Crippen molar-refractivity contribution in [2.75, 3.05) is 5.73 Å². The molecule has 2 aromatic heterocycles. The minimum atomic E-state index is -0.230. The summed E-state index contributed by atoms with van der Waals surface area (Å²) < 4.78 is 1.78. The Labute approximate surface area is 135 Å². The van der Waals surface area contributed by atoms with Crippen molar-refractivity contribution in [1.82, 2.24) is 14.4 Å². The number of nitriles is 1. The molecule has 0 aliphatic heterocycles. The third-order valence-corrected chi connectivity index (χ3v) is 3.87. The number of imidazole rings is 1. The van der Waals surface area contributed by atoms with Crippen molar-refractivity contribution in [3.8, 4) is 28.8 Å². The van der Waals surface area contributed by atoms with E-state index in [1.165, 1.54) is 12.1 Å². The second-order valence-electron chi connectivity index (χ2n) is 5.29. The molecule has 0 radical (unpaired) electrons. The Morgan fingerprint density at radius 1 is 1.12 bits per heavy atom. The molecule has 24 heavy (non-hydrogen) atoms. The lowest BCUT2D eigenvalue weighted by Gasteiger charge is -2.09. The number of para-hydroxylation sites is 1. The lowest BCUT2D eigenvalue weighted by molar-refractivity contribution is 0.404. The highest BCUT2D eigenvalue weighted by Gasteiger charge is 2.15. The summed E-state index contributed by atoms with van der Waals surface area (Å²) in [7, 11) is 0. The number of nitrogens with zero attached hydrogens (tertiary/aromatic N) is 4. The SMILES string of the molecule is N#Cc1cccc2c1nc(N)c1ncc(-c3ccc(O)c(O)c3)n12. The number of nitrogens with two attached hydrogens (primary N) is 1. The van der Waals surface area contributed by atoms with Crippen LogP contribution in [0.4, 0.5) is 5.82 Å². The molecule has 0 bridgehead atoms. The number of phenols is 2. The van der Waals surface area contributed by atoms with E-state index < -0.39 is 0 Å². The number of benzene rings is 2. The molecule has 4 N–H and O–H groups in total. The van der Waals surface area contributed by atoms with Crippen LogP contribution in [-0.2, 0) is 0 Å². The van der Waals surface area contributed by atoms with E-state index >= 15 is 0 Å². The van der Waals surface area contributed by atoms with Crippen molar-refractivity contribution >= 4 is 22.5 Å². The van der Waals surface area contributed by atoms with Gasteiger partial charge >= 0.3 is 0 Å². The fourth-order valence-electron chi connectivity index (χ4n) is 2.75. The van der Waals surface area contributed by atoms with E-state index in [4.69, 9.17) is 5.73 Å². The molecule has 7 nitrogen and oxygen atoms in total. The van der Waals surface area contributed by atoms with E-state index in [9.17, 15) is 15.5 Å².